The van der Waals surface area contributed by atoms with E-state index in [-0.39, 0.29) is 24.2 Å². The van der Waals surface area contributed by atoms with Gasteiger partial charge in [0, 0.05) is 11.7 Å². The predicted molar refractivity (Wildman–Crippen MR) is 101 cm³/mol. The van der Waals surface area contributed by atoms with E-state index in [1.54, 1.807) is 0 Å². The number of rotatable bonds is 4. The lowest BCUT2D eigenvalue weighted by molar-refractivity contribution is 0.239. The molecule has 0 radical (unpaired) electrons. The van der Waals surface area contributed by atoms with E-state index in [9.17, 15) is 4.79 Å². The Balaban J connectivity index is 1.73. The molecule has 0 aromatic heterocycles. The van der Waals surface area contributed by atoms with Gasteiger partial charge in [-0.3, -0.25) is 4.90 Å². The average molecular weight is 338 g/mol. The van der Waals surface area contributed by atoms with Crippen molar-refractivity contribution in [3.63, 3.8) is 0 Å². The lowest BCUT2D eigenvalue weighted by Gasteiger charge is -2.25. The first kappa shape index (κ1) is 17.3. The Morgan fingerprint density at radius 2 is 1.92 bits per heavy atom. The second-order valence-electron chi connectivity index (χ2n) is 6.96. The van der Waals surface area contributed by atoms with Crippen molar-refractivity contribution in [3.8, 4) is 5.75 Å². The van der Waals surface area contributed by atoms with Gasteiger partial charge in [-0.1, -0.05) is 30.3 Å². The SMILES string of the molecule is CC(C)Oc1cccc(C(C)NC(=O)N2c3ccccc3CC2C)c1. The molecule has 4 nitrogen and oxygen atoms in total. The van der Waals surface area contributed by atoms with Gasteiger partial charge < -0.3 is 10.1 Å². The van der Waals surface area contributed by atoms with Crippen molar-refractivity contribution < 1.29 is 9.53 Å². The summed E-state index contributed by atoms with van der Waals surface area (Å²) in [6.45, 7) is 8.09. The van der Waals surface area contributed by atoms with Gasteiger partial charge in [0.2, 0.25) is 0 Å². The van der Waals surface area contributed by atoms with Gasteiger partial charge in [0.05, 0.1) is 12.1 Å². The van der Waals surface area contributed by atoms with Crippen LogP contribution in [0.2, 0.25) is 0 Å². The fourth-order valence-corrected chi connectivity index (χ4v) is 3.34. The minimum atomic E-state index is -0.0943. The summed E-state index contributed by atoms with van der Waals surface area (Å²) < 4.78 is 5.75. The molecule has 25 heavy (non-hydrogen) atoms. The molecule has 0 spiro atoms. The normalized spacial score (nSPS) is 17.3. The van der Waals surface area contributed by atoms with Crippen LogP contribution in [0.25, 0.3) is 0 Å². The largest absolute Gasteiger partial charge is 0.491 e. The second-order valence-corrected chi connectivity index (χ2v) is 6.96. The van der Waals surface area contributed by atoms with Crippen LogP contribution in [-0.2, 0) is 6.42 Å². The Morgan fingerprint density at radius 1 is 1.16 bits per heavy atom. The topological polar surface area (TPSA) is 41.6 Å². The summed E-state index contributed by atoms with van der Waals surface area (Å²) in [7, 11) is 0. The van der Waals surface area contributed by atoms with Gasteiger partial charge in [-0.2, -0.15) is 0 Å². The number of amides is 2. The van der Waals surface area contributed by atoms with Gasteiger partial charge in [0.1, 0.15) is 5.75 Å². The molecule has 2 aromatic carbocycles. The molecule has 0 saturated heterocycles. The van der Waals surface area contributed by atoms with Crippen LogP contribution in [0, 0.1) is 0 Å². The zero-order valence-corrected chi connectivity index (χ0v) is 15.3. The summed E-state index contributed by atoms with van der Waals surface area (Å²) in [5.41, 5.74) is 3.27. The molecule has 1 aliphatic heterocycles. The smallest absolute Gasteiger partial charge is 0.322 e. The minimum absolute atomic E-state index is 0.0554. The standard InChI is InChI=1S/C21H26N2O2/c1-14(2)25-19-10-7-9-17(13-19)16(4)22-21(24)23-15(3)12-18-8-5-6-11-20(18)23/h5-11,13-16H,12H2,1-4H3,(H,22,24). The van der Waals surface area contributed by atoms with Crippen molar-refractivity contribution >= 4 is 11.7 Å². The fourth-order valence-electron chi connectivity index (χ4n) is 3.34. The van der Waals surface area contributed by atoms with Crippen LogP contribution < -0.4 is 15.0 Å². The molecule has 2 unspecified atom stereocenters. The van der Waals surface area contributed by atoms with Crippen molar-refractivity contribution in [3.05, 3.63) is 59.7 Å². The monoisotopic (exact) mass is 338 g/mol. The number of nitrogens with one attached hydrogen (secondary N) is 1. The van der Waals surface area contributed by atoms with E-state index >= 15 is 0 Å². The zero-order chi connectivity index (χ0) is 18.0. The number of carbonyl (C=O) groups excluding carboxylic acids is 1. The second kappa shape index (κ2) is 7.18. The Kier molecular flexibility index (Phi) is 4.98. The lowest BCUT2D eigenvalue weighted by Crippen LogP contribution is -2.44. The number of benzene rings is 2. The molecular weight excluding hydrogens is 312 g/mol. The maximum atomic E-state index is 12.8. The van der Waals surface area contributed by atoms with E-state index in [1.165, 1.54) is 5.56 Å². The van der Waals surface area contributed by atoms with Crippen LogP contribution in [0.15, 0.2) is 48.5 Å². The van der Waals surface area contributed by atoms with Crippen LogP contribution in [0.3, 0.4) is 0 Å². The number of nitrogens with zero attached hydrogens (tertiary/aromatic N) is 1. The fraction of sp³-hybridized carbons (Fsp3) is 0.381. The summed E-state index contributed by atoms with van der Waals surface area (Å²) in [5, 5.41) is 3.12. The van der Waals surface area contributed by atoms with Crippen LogP contribution in [-0.4, -0.2) is 18.2 Å². The van der Waals surface area contributed by atoms with Gasteiger partial charge in [-0.05, 0) is 63.4 Å². The maximum Gasteiger partial charge on any atom is 0.322 e. The number of para-hydroxylation sites is 1. The van der Waals surface area contributed by atoms with Crippen molar-refractivity contribution in [2.75, 3.05) is 4.90 Å². The van der Waals surface area contributed by atoms with Gasteiger partial charge in [0.25, 0.3) is 0 Å². The molecule has 2 atom stereocenters. The Hall–Kier alpha value is -2.49. The zero-order valence-electron chi connectivity index (χ0n) is 15.3. The minimum Gasteiger partial charge on any atom is -0.491 e. The van der Waals surface area contributed by atoms with Crippen molar-refractivity contribution in [2.24, 2.45) is 0 Å². The van der Waals surface area contributed by atoms with Gasteiger partial charge in [-0.25, -0.2) is 4.79 Å². The molecule has 3 rings (SSSR count). The third kappa shape index (κ3) is 3.78. The molecule has 4 heteroatoms. The quantitative estimate of drug-likeness (QED) is 0.878. The molecule has 1 heterocycles. The first-order valence-electron chi connectivity index (χ1n) is 8.90. The number of hydrogen-bond acceptors (Lipinski definition) is 2. The van der Waals surface area contributed by atoms with E-state index < -0.39 is 0 Å². The lowest BCUT2D eigenvalue weighted by atomic mass is 10.1. The number of hydrogen-bond donors (Lipinski definition) is 1. The van der Waals surface area contributed by atoms with Crippen LogP contribution >= 0.6 is 0 Å². The van der Waals surface area contributed by atoms with Crippen LogP contribution in [0.5, 0.6) is 5.75 Å². The molecule has 0 aliphatic carbocycles. The number of ether oxygens (including phenoxy) is 1. The summed E-state index contributed by atoms with van der Waals surface area (Å²) in [6.07, 6.45) is 1.03. The maximum absolute atomic E-state index is 12.8. The summed E-state index contributed by atoms with van der Waals surface area (Å²) in [5.74, 6) is 0.827. The molecule has 0 saturated carbocycles. The van der Waals surface area contributed by atoms with Crippen molar-refractivity contribution in [2.45, 2.75) is 52.3 Å². The van der Waals surface area contributed by atoms with E-state index in [2.05, 4.69) is 18.3 Å². The molecule has 1 aliphatic rings. The highest BCUT2D eigenvalue weighted by Gasteiger charge is 2.31. The highest BCUT2D eigenvalue weighted by Crippen LogP contribution is 2.32. The molecule has 2 amide bonds. The highest BCUT2D eigenvalue weighted by molar-refractivity contribution is 5.95. The average Bonchev–Trinajstić information content (AvgIpc) is 2.90. The van der Waals surface area contributed by atoms with Crippen LogP contribution in [0.1, 0.15) is 44.9 Å². The van der Waals surface area contributed by atoms with Crippen LogP contribution in [0.4, 0.5) is 10.5 Å². The predicted octanol–water partition coefficient (Wildman–Crippen LogP) is 4.70. The third-order valence-electron chi connectivity index (χ3n) is 4.50. The molecule has 1 N–H and O–H groups in total. The summed E-state index contributed by atoms with van der Waals surface area (Å²) >= 11 is 0. The number of fused-ring (bicyclic) bond motifs is 1. The van der Waals surface area contributed by atoms with Gasteiger partial charge in [0.15, 0.2) is 0 Å². The molecule has 2 aromatic rings. The van der Waals surface area contributed by atoms with Crippen molar-refractivity contribution in [1.82, 2.24) is 5.32 Å². The number of anilines is 1. The highest BCUT2D eigenvalue weighted by atomic mass is 16.5. The van der Waals surface area contributed by atoms with E-state index in [0.29, 0.717) is 0 Å². The summed E-state index contributed by atoms with van der Waals surface area (Å²) in [6, 6.07) is 16.0. The van der Waals surface area contributed by atoms with E-state index in [1.807, 2.05) is 68.1 Å². The summed E-state index contributed by atoms with van der Waals surface area (Å²) in [4.78, 5) is 14.7. The van der Waals surface area contributed by atoms with Gasteiger partial charge >= 0.3 is 6.03 Å². The Labute approximate surface area is 149 Å². The van der Waals surface area contributed by atoms with E-state index in [4.69, 9.17) is 4.74 Å². The molecular formula is C21H26N2O2. The Bertz CT molecular complexity index is 757. The van der Waals surface area contributed by atoms with Crippen molar-refractivity contribution in [1.29, 1.82) is 0 Å². The third-order valence-corrected chi connectivity index (χ3v) is 4.50. The number of carbonyl (C=O) groups is 1. The molecule has 0 fully saturated rings. The first-order chi connectivity index (χ1) is 12.0. The molecule has 132 valence electrons. The van der Waals surface area contributed by atoms with E-state index in [0.717, 1.165) is 23.4 Å². The first-order valence-corrected chi connectivity index (χ1v) is 8.90. The number of urea groups is 1. The Morgan fingerprint density at radius 3 is 2.68 bits per heavy atom. The van der Waals surface area contributed by atoms with Gasteiger partial charge in [-0.15, -0.1) is 0 Å². The molecule has 0 bridgehead atoms.